The Morgan fingerprint density at radius 1 is 1.38 bits per heavy atom. The lowest BCUT2D eigenvalue weighted by atomic mass is 10.2. The van der Waals surface area contributed by atoms with Crippen molar-refractivity contribution in [1.82, 2.24) is 0 Å². The quantitative estimate of drug-likeness (QED) is 0.791. The number of anilines is 2. The summed E-state index contributed by atoms with van der Waals surface area (Å²) >= 11 is 4.43. The lowest BCUT2D eigenvalue weighted by molar-refractivity contribution is 0.601. The van der Waals surface area contributed by atoms with Gasteiger partial charge in [0.05, 0.1) is 5.56 Å². The van der Waals surface area contributed by atoms with Crippen LogP contribution in [0.5, 0.6) is 0 Å². The summed E-state index contributed by atoms with van der Waals surface area (Å²) in [6, 6.07) is 6.48. The molecule has 1 aromatic heterocycles. The first-order chi connectivity index (χ1) is 9.76. The fourth-order valence-corrected chi connectivity index (χ4v) is 5.16. The Kier molecular flexibility index (Phi) is 4.27. The molecule has 0 unspecified atom stereocenters. The van der Waals surface area contributed by atoms with Gasteiger partial charge >= 0.3 is 0 Å². The summed E-state index contributed by atoms with van der Waals surface area (Å²) in [5.41, 5.74) is 7.21. The van der Waals surface area contributed by atoms with Crippen molar-refractivity contribution < 1.29 is 8.42 Å². The minimum Gasteiger partial charge on any atom is -0.399 e. The molecule has 110 valence electrons. The summed E-state index contributed by atoms with van der Waals surface area (Å²) in [5, 5.41) is 9.50. The number of rotatable bonds is 3. The molecule has 1 aromatic carbocycles. The van der Waals surface area contributed by atoms with E-state index in [2.05, 4.69) is 20.7 Å². The van der Waals surface area contributed by atoms with E-state index in [0.717, 1.165) is 10.4 Å². The highest BCUT2D eigenvalue weighted by atomic mass is 79.9. The Bertz CT molecular complexity index is 851. The molecule has 0 spiro atoms. The second kappa shape index (κ2) is 5.67. The van der Waals surface area contributed by atoms with Crippen LogP contribution in [0.15, 0.2) is 27.6 Å². The number of hydrogen-bond donors (Lipinski definition) is 2. The molecule has 21 heavy (non-hydrogen) atoms. The number of halogens is 1. The van der Waals surface area contributed by atoms with Crippen molar-refractivity contribution in [3.63, 3.8) is 0 Å². The number of nitriles is 1. The normalized spacial score (nSPS) is 11.1. The summed E-state index contributed by atoms with van der Waals surface area (Å²) < 4.78 is 27.7. The van der Waals surface area contributed by atoms with Gasteiger partial charge in [0.15, 0.2) is 0 Å². The number of hydrogen-bond acceptors (Lipinski definition) is 5. The molecule has 0 aliphatic heterocycles. The Morgan fingerprint density at radius 3 is 2.62 bits per heavy atom. The highest BCUT2D eigenvalue weighted by Crippen LogP contribution is 2.34. The van der Waals surface area contributed by atoms with Crippen LogP contribution >= 0.6 is 27.3 Å². The fourth-order valence-electron chi connectivity index (χ4n) is 1.75. The average molecular weight is 386 g/mol. The Labute approximate surface area is 135 Å². The zero-order valence-electron chi connectivity index (χ0n) is 11.3. The summed E-state index contributed by atoms with van der Waals surface area (Å²) in [5.74, 6) is 0. The van der Waals surface area contributed by atoms with Gasteiger partial charge in [0, 0.05) is 15.0 Å². The van der Waals surface area contributed by atoms with Gasteiger partial charge in [-0.25, -0.2) is 8.42 Å². The highest BCUT2D eigenvalue weighted by Gasteiger charge is 2.22. The third kappa shape index (κ3) is 3.05. The number of nitrogen functional groups attached to an aromatic ring is 1. The van der Waals surface area contributed by atoms with Crippen molar-refractivity contribution in [3.05, 3.63) is 38.7 Å². The second-order valence-corrected chi connectivity index (χ2v) is 8.12. The smallest absolute Gasteiger partial charge is 0.263 e. The lowest BCUT2D eigenvalue weighted by Gasteiger charge is -2.09. The van der Waals surface area contributed by atoms with Crippen LogP contribution in [0.3, 0.4) is 0 Å². The third-order valence-electron chi connectivity index (χ3n) is 2.97. The zero-order chi connectivity index (χ0) is 15.8. The van der Waals surface area contributed by atoms with Crippen molar-refractivity contribution in [1.29, 1.82) is 5.26 Å². The molecule has 0 aliphatic rings. The molecule has 0 atom stereocenters. The molecule has 0 saturated carbocycles. The molecular formula is C13H12BrN3O2S2. The summed E-state index contributed by atoms with van der Waals surface area (Å²) in [6.45, 7) is 3.64. The fraction of sp³-hybridized carbons (Fsp3) is 0.154. The number of sulfonamides is 1. The van der Waals surface area contributed by atoms with E-state index in [4.69, 9.17) is 11.0 Å². The van der Waals surface area contributed by atoms with Gasteiger partial charge in [-0.15, -0.1) is 11.3 Å². The van der Waals surface area contributed by atoms with Crippen LogP contribution in [0.25, 0.3) is 0 Å². The van der Waals surface area contributed by atoms with Crippen molar-refractivity contribution in [2.24, 2.45) is 0 Å². The Balaban J connectivity index is 2.48. The molecule has 0 bridgehead atoms. The SMILES string of the molecule is Cc1sc(NS(=O)(=O)c2ccc(N)cc2Br)c(C#N)c1C. The molecule has 0 radical (unpaired) electrons. The summed E-state index contributed by atoms with van der Waals surface area (Å²) in [7, 11) is -3.79. The van der Waals surface area contributed by atoms with Crippen molar-refractivity contribution in [2.75, 3.05) is 10.5 Å². The average Bonchev–Trinajstić information content (AvgIpc) is 2.63. The minimum atomic E-state index is -3.79. The number of thiophene rings is 1. The van der Waals surface area contributed by atoms with E-state index in [9.17, 15) is 8.42 Å². The zero-order valence-corrected chi connectivity index (χ0v) is 14.5. The van der Waals surface area contributed by atoms with E-state index in [-0.39, 0.29) is 4.90 Å². The molecule has 3 N–H and O–H groups in total. The van der Waals surface area contributed by atoms with E-state index in [1.807, 2.05) is 13.0 Å². The lowest BCUT2D eigenvalue weighted by Crippen LogP contribution is -2.13. The molecule has 2 aromatic rings. The molecule has 0 amide bonds. The largest absolute Gasteiger partial charge is 0.399 e. The monoisotopic (exact) mass is 385 g/mol. The maximum absolute atomic E-state index is 12.4. The van der Waals surface area contributed by atoms with Crippen LogP contribution in [-0.2, 0) is 10.0 Å². The van der Waals surface area contributed by atoms with Gasteiger partial charge in [0.25, 0.3) is 10.0 Å². The standard InChI is InChI=1S/C13H12BrN3O2S2/c1-7-8(2)20-13(10(7)6-15)17-21(18,19)12-4-3-9(16)5-11(12)14/h3-5,17H,16H2,1-2H3. The van der Waals surface area contributed by atoms with Crippen molar-refractivity contribution >= 4 is 48.0 Å². The van der Waals surface area contributed by atoms with Gasteiger partial charge in [-0.05, 0) is 53.5 Å². The molecule has 0 aliphatic carbocycles. The topological polar surface area (TPSA) is 96.0 Å². The molecule has 0 saturated heterocycles. The van der Waals surface area contributed by atoms with Crippen LogP contribution in [-0.4, -0.2) is 8.42 Å². The third-order valence-corrected chi connectivity index (χ3v) is 6.55. The van der Waals surface area contributed by atoms with Crippen LogP contribution in [0.4, 0.5) is 10.7 Å². The van der Waals surface area contributed by atoms with Gasteiger partial charge in [0.2, 0.25) is 0 Å². The van der Waals surface area contributed by atoms with E-state index < -0.39 is 10.0 Å². The molecule has 8 heteroatoms. The van der Waals surface area contributed by atoms with Crippen LogP contribution < -0.4 is 10.5 Å². The van der Waals surface area contributed by atoms with E-state index in [1.54, 1.807) is 6.92 Å². The molecule has 1 heterocycles. The summed E-state index contributed by atoms with van der Waals surface area (Å²) in [6.07, 6.45) is 0. The predicted octanol–water partition coefficient (Wildman–Crippen LogP) is 3.38. The number of aryl methyl sites for hydroxylation is 1. The van der Waals surface area contributed by atoms with Gasteiger partial charge in [-0.1, -0.05) is 0 Å². The Morgan fingerprint density at radius 2 is 2.05 bits per heavy atom. The Hall–Kier alpha value is -1.56. The number of nitrogens with zero attached hydrogens (tertiary/aromatic N) is 1. The van der Waals surface area contributed by atoms with E-state index in [1.165, 1.54) is 29.5 Å². The first-order valence-corrected chi connectivity index (χ1v) is 8.93. The summed E-state index contributed by atoms with van der Waals surface area (Å²) in [4.78, 5) is 0.977. The van der Waals surface area contributed by atoms with Crippen molar-refractivity contribution in [3.8, 4) is 6.07 Å². The van der Waals surface area contributed by atoms with Crippen LogP contribution in [0.2, 0.25) is 0 Å². The minimum absolute atomic E-state index is 0.0734. The maximum atomic E-state index is 12.4. The van der Waals surface area contributed by atoms with Crippen molar-refractivity contribution in [2.45, 2.75) is 18.7 Å². The first kappa shape index (κ1) is 15.8. The molecule has 5 nitrogen and oxygen atoms in total. The highest BCUT2D eigenvalue weighted by molar-refractivity contribution is 9.10. The van der Waals surface area contributed by atoms with E-state index in [0.29, 0.717) is 20.7 Å². The van der Waals surface area contributed by atoms with Gasteiger partial charge in [0.1, 0.15) is 16.0 Å². The second-order valence-electron chi connectivity index (χ2n) is 4.39. The van der Waals surface area contributed by atoms with Gasteiger partial charge in [-0.2, -0.15) is 5.26 Å². The number of nitrogens with one attached hydrogen (secondary N) is 1. The molecule has 0 fully saturated rings. The van der Waals surface area contributed by atoms with E-state index >= 15 is 0 Å². The van der Waals surface area contributed by atoms with Crippen LogP contribution in [0.1, 0.15) is 16.0 Å². The maximum Gasteiger partial charge on any atom is 0.263 e. The van der Waals surface area contributed by atoms with Gasteiger partial charge < -0.3 is 5.73 Å². The molecule has 2 rings (SSSR count). The predicted molar refractivity (Wildman–Crippen MR) is 87.9 cm³/mol. The number of benzene rings is 1. The first-order valence-electron chi connectivity index (χ1n) is 5.84. The molecular weight excluding hydrogens is 374 g/mol. The van der Waals surface area contributed by atoms with Crippen LogP contribution in [0, 0.1) is 25.2 Å². The number of nitrogens with two attached hydrogens (primary N) is 1. The van der Waals surface area contributed by atoms with Gasteiger partial charge in [-0.3, -0.25) is 4.72 Å².